The summed E-state index contributed by atoms with van der Waals surface area (Å²) in [5.74, 6) is 0. The van der Waals surface area contributed by atoms with E-state index in [9.17, 15) is 0 Å². The third kappa shape index (κ3) is 4.11. The zero-order valence-electron chi connectivity index (χ0n) is 27.0. The van der Waals surface area contributed by atoms with Gasteiger partial charge in [-0.3, -0.25) is 0 Å². The minimum atomic E-state index is -0.373. The average Bonchev–Trinajstić information content (AvgIpc) is 3.49. The molecule has 0 heteroatoms. The van der Waals surface area contributed by atoms with Gasteiger partial charge in [0, 0.05) is 0 Å². The number of benzene rings is 9. The molecule has 0 atom stereocenters. The van der Waals surface area contributed by atoms with E-state index in [2.05, 4.69) is 194 Å². The third-order valence-electron chi connectivity index (χ3n) is 10.8. The van der Waals surface area contributed by atoms with Gasteiger partial charge in [0.05, 0.1) is 5.41 Å². The summed E-state index contributed by atoms with van der Waals surface area (Å²) in [6, 6.07) is 71.7. The molecule has 0 unspecified atom stereocenters. The summed E-state index contributed by atoms with van der Waals surface area (Å²) in [5.41, 5.74) is 12.4. The van der Waals surface area contributed by atoms with Gasteiger partial charge < -0.3 is 0 Å². The highest BCUT2D eigenvalue weighted by atomic mass is 14.5. The molecule has 1 aliphatic rings. The molecule has 0 fully saturated rings. The number of rotatable bonds is 4. The van der Waals surface area contributed by atoms with Gasteiger partial charge >= 0.3 is 0 Å². The fourth-order valence-electron chi connectivity index (χ4n) is 8.57. The Labute approximate surface area is 286 Å². The van der Waals surface area contributed by atoms with Gasteiger partial charge in [-0.15, -0.1) is 0 Å². The summed E-state index contributed by atoms with van der Waals surface area (Å²) in [4.78, 5) is 0. The maximum atomic E-state index is 2.37. The highest BCUT2D eigenvalue weighted by Crippen LogP contribution is 2.56. The van der Waals surface area contributed by atoms with Crippen molar-refractivity contribution in [1.29, 1.82) is 0 Å². The van der Waals surface area contributed by atoms with E-state index in [0.717, 1.165) is 0 Å². The molecule has 0 aromatic heterocycles. The van der Waals surface area contributed by atoms with Gasteiger partial charge in [-0.05, 0) is 94.0 Å². The van der Waals surface area contributed by atoms with E-state index in [1.807, 2.05) is 0 Å². The second kappa shape index (κ2) is 10.9. The second-order valence-corrected chi connectivity index (χ2v) is 13.2. The highest BCUT2D eigenvalue weighted by molar-refractivity contribution is 6.25. The molecular formula is C49H32. The fourth-order valence-corrected chi connectivity index (χ4v) is 8.57. The first-order chi connectivity index (χ1) is 24.3. The summed E-state index contributed by atoms with van der Waals surface area (Å²) < 4.78 is 0. The first-order valence-corrected chi connectivity index (χ1v) is 17.1. The van der Waals surface area contributed by atoms with Crippen LogP contribution in [0.15, 0.2) is 194 Å². The van der Waals surface area contributed by atoms with Gasteiger partial charge in [0.2, 0.25) is 0 Å². The fraction of sp³-hybridized carbons (Fsp3) is 0.0204. The molecule has 0 saturated heterocycles. The van der Waals surface area contributed by atoms with Crippen LogP contribution in [0.25, 0.3) is 65.7 Å². The lowest BCUT2D eigenvalue weighted by Crippen LogP contribution is -2.28. The number of fused-ring (bicyclic) bond motifs is 9. The van der Waals surface area contributed by atoms with Crippen molar-refractivity contribution in [3.05, 3.63) is 216 Å². The lowest BCUT2D eigenvalue weighted by Gasteiger charge is -2.34. The standard InChI is InChI=1S/C49H32/c1-2-12-37(13-3-1)49(47-20-10-8-18-44(47)45-19-9-11-21-48(45)49)38-29-26-34(27-30-38)33-22-24-35(25-23-33)36-28-31-43-41-16-5-4-14-39(41)40-15-6-7-17-42(40)46(43)32-36/h1-32H. The van der Waals surface area contributed by atoms with Gasteiger partial charge in [-0.1, -0.05) is 188 Å². The van der Waals surface area contributed by atoms with Crippen LogP contribution in [0, 0.1) is 0 Å². The summed E-state index contributed by atoms with van der Waals surface area (Å²) in [7, 11) is 0. The van der Waals surface area contributed by atoms with Crippen LogP contribution in [0.5, 0.6) is 0 Å². The lowest BCUT2D eigenvalue weighted by molar-refractivity contribution is 0.768. The van der Waals surface area contributed by atoms with Gasteiger partial charge in [-0.25, -0.2) is 0 Å². The maximum Gasteiger partial charge on any atom is 0.0713 e. The van der Waals surface area contributed by atoms with Crippen LogP contribution in [-0.2, 0) is 5.41 Å². The molecule has 0 spiro atoms. The quantitative estimate of drug-likeness (QED) is 0.172. The summed E-state index contributed by atoms with van der Waals surface area (Å²) in [5, 5.41) is 7.82. The van der Waals surface area contributed by atoms with E-state index >= 15 is 0 Å². The minimum Gasteiger partial charge on any atom is -0.0622 e. The molecule has 9 aromatic rings. The number of hydrogen-bond donors (Lipinski definition) is 0. The van der Waals surface area contributed by atoms with Crippen LogP contribution in [0.2, 0.25) is 0 Å². The Morgan fingerprint density at radius 3 is 1.16 bits per heavy atom. The van der Waals surface area contributed by atoms with Gasteiger partial charge in [0.15, 0.2) is 0 Å². The van der Waals surface area contributed by atoms with E-state index in [1.165, 1.54) is 88.0 Å². The molecule has 9 aromatic carbocycles. The topological polar surface area (TPSA) is 0 Å². The van der Waals surface area contributed by atoms with E-state index in [4.69, 9.17) is 0 Å². The Morgan fingerprint density at radius 1 is 0.245 bits per heavy atom. The van der Waals surface area contributed by atoms with E-state index in [-0.39, 0.29) is 5.41 Å². The molecule has 49 heavy (non-hydrogen) atoms. The lowest BCUT2D eigenvalue weighted by atomic mass is 9.67. The molecule has 0 aliphatic heterocycles. The zero-order valence-corrected chi connectivity index (χ0v) is 27.0. The van der Waals surface area contributed by atoms with Crippen LogP contribution in [-0.4, -0.2) is 0 Å². The molecule has 0 heterocycles. The van der Waals surface area contributed by atoms with Crippen LogP contribution < -0.4 is 0 Å². The molecule has 228 valence electrons. The maximum absolute atomic E-state index is 2.37. The average molecular weight is 621 g/mol. The largest absolute Gasteiger partial charge is 0.0713 e. The Balaban J connectivity index is 1.05. The predicted octanol–water partition coefficient (Wildman–Crippen LogP) is 12.8. The monoisotopic (exact) mass is 620 g/mol. The van der Waals surface area contributed by atoms with Gasteiger partial charge in [0.1, 0.15) is 0 Å². The zero-order chi connectivity index (χ0) is 32.4. The molecule has 0 N–H and O–H groups in total. The van der Waals surface area contributed by atoms with E-state index < -0.39 is 0 Å². The summed E-state index contributed by atoms with van der Waals surface area (Å²) in [6.07, 6.45) is 0. The molecule has 0 amide bonds. The van der Waals surface area contributed by atoms with Crippen molar-refractivity contribution in [3.8, 4) is 33.4 Å². The molecule has 1 aliphatic carbocycles. The number of hydrogen-bond acceptors (Lipinski definition) is 0. The van der Waals surface area contributed by atoms with Crippen molar-refractivity contribution >= 4 is 32.3 Å². The van der Waals surface area contributed by atoms with Crippen LogP contribution in [0.1, 0.15) is 22.3 Å². The van der Waals surface area contributed by atoms with Gasteiger partial charge in [-0.2, -0.15) is 0 Å². The van der Waals surface area contributed by atoms with Crippen LogP contribution in [0.3, 0.4) is 0 Å². The van der Waals surface area contributed by atoms with Crippen LogP contribution in [0.4, 0.5) is 0 Å². The molecule has 0 saturated carbocycles. The first kappa shape index (κ1) is 27.8. The van der Waals surface area contributed by atoms with Crippen molar-refractivity contribution < 1.29 is 0 Å². The predicted molar refractivity (Wildman–Crippen MR) is 207 cm³/mol. The smallest absolute Gasteiger partial charge is 0.0622 e. The molecule has 0 radical (unpaired) electrons. The van der Waals surface area contributed by atoms with Crippen molar-refractivity contribution in [3.63, 3.8) is 0 Å². The van der Waals surface area contributed by atoms with Crippen molar-refractivity contribution in [2.45, 2.75) is 5.41 Å². The third-order valence-corrected chi connectivity index (χ3v) is 10.8. The van der Waals surface area contributed by atoms with Crippen molar-refractivity contribution in [1.82, 2.24) is 0 Å². The summed E-state index contributed by atoms with van der Waals surface area (Å²) >= 11 is 0. The second-order valence-electron chi connectivity index (χ2n) is 13.2. The van der Waals surface area contributed by atoms with Crippen LogP contribution >= 0.6 is 0 Å². The summed E-state index contributed by atoms with van der Waals surface area (Å²) in [6.45, 7) is 0. The Bertz CT molecular complexity index is 2600. The SMILES string of the molecule is c1ccc(C2(c3ccc(-c4ccc(-c5ccc6c7ccccc7c7ccccc7c6c5)cc4)cc3)c3ccccc3-c3ccccc32)cc1. The molecule has 0 bridgehead atoms. The van der Waals surface area contributed by atoms with Crippen molar-refractivity contribution in [2.24, 2.45) is 0 Å². The van der Waals surface area contributed by atoms with E-state index in [0.29, 0.717) is 0 Å². The van der Waals surface area contributed by atoms with Crippen molar-refractivity contribution in [2.75, 3.05) is 0 Å². The minimum absolute atomic E-state index is 0.373. The highest BCUT2D eigenvalue weighted by Gasteiger charge is 2.45. The molecule has 10 rings (SSSR count). The first-order valence-electron chi connectivity index (χ1n) is 17.1. The van der Waals surface area contributed by atoms with E-state index in [1.54, 1.807) is 0 Å². The Kier molecular flexibility index (Phi) is 6.19. The molecule has 0 nitrogen and oxygen atoms in total. The Morgan fingerprint density at radius 2 is 0.612 bits per heavy atom. The normalized spacial score (nSPS) is 13.1. The Hall–Kier alpha value is -6.24. The van der Waals surface area contributed by atoms with Gasteiger partial charge in [0.25, 0.3) is 0 Å². The molecular weight excluding hydrogens is 589 g/mol.